The van der Waals surface area contributed by atoms with Crippen LogP contribution in [0.4, 0.5) is 0 Å². The number of likely N-dealkylation sites (N-methyl/N-ethyl adjacent to an activating group) is 1. The van der Waals surface area contributed by atoms with E-state index in [0.29, 0.717) is 18.4 Å². The third kappa shape index (κ3) is 4.61. The van der Waals surface area contributed by atoms with Crippen molar-refractivity contribution in [2.45, 2.75) is 25.8 Å². The van der Waals surface area contributed by atoms with Crippen molar-refractivity contribution in [3.05, 3.63) is 29.8 Å². The van der Waals surface area contributed by atoms with Crippen molar-refractivity contribution < 1.29 is 4.74 Å². The van der Waals surface area contributed by atoms with Gasteiger partial charge < -0.3 is 20.3 Å². The molecule has 23 heavy (non-hydrogen) atoms. The van der Waals surface area contributed by atoms with Crippen LogP contribution in [0.5, 0.6) is 5.75 Å². The van der Waals surface area contributed by atoms with E-state index in [1.165, 1.54) is 12.8 Å². The lowest BCUT2D eigenvalue weighted by Gasteiger charge is -2.32. The Hall–Kier alpha value is -1.75. The van der Waals surface area contributed by atoms with Crippen LogP contribution in [0.1, 0.15) is 31.4 Å². The number of nitrogens with zero attached hydrogens (tertiary/aromatic N) is 3. The summed E-state index contributed by atoms with van der Waals surface area (Å²) in [6, 6.07) is 8.26. The molecular formula is C18H30N4O. The summed E-state index contributed by atoms with van der Waals surface area (Å²) in [5.41, 5.74) is 7.38. The molecule has 2 unspecified atom stereocenters. The monoisotopic (exact) mass is 318 g/mol. The normalized spacial score (nSPS) is 20.7. The van der Waals surface area contributed by atoms with Crippen molar-refractivity contribution in [2.75, 3.05) is 40.8 Å². The molecule has 1 aliphatic rings. The molecule has 128 valence electrons. The minimum atomic E-state index is 0.145. The average Bonchev–Trinajstić information content (AvgIpc) is 2.55. The number of guanidine groups is 1. The SMILES string of the molecule is COc1ccccc1C(CN=C(N)N1CCCC(C)C1)N(C)C. The molecule has 2 atom stereocenters. The van der Waals surface area contributed by atoms with E-state index < -0.39 is 0 Å². The van der Waals surface area contributed by atoms with Gasteiger partial charge >= 0.3 is 0 Å². The van der Waals surface area contributed by atoms with Gasteiger partial charge in [-0.25, -0.2) is 0 Å². The van der Waals surface area contributed by atoms with Crippen LogP contribution in [0.3, 0.4) is 0 Å². The number of nitrogens with two attached hydrogens (primary N) is 1. The number of likely N-dealkylation sites (tertiary alicyclic amines) is 1. The van der Waals surface area contributed by atoms with Crippen LogP contribution in [-0.4, -0.2) is 56.6 Å². The van der Waals surface area contributed by atoms with Gasteiger partial charge in [-0.15, -0.1) is 0 Å². The highest BCUT2D eigenvalue weighted by atomic mass is 16.5. The summed E-state index contributed by atoms with van der Waals surface area (Å²) in [5.74, 6) is 2.25. The van der Waals surface area contributed by atoms with Gasteiger partial charge in [0, 0.05) is 18.7 Å². The number of aliphatic imine (C=N–C) groups is 1. The van der Waals surface area contributed by atoms with E-state index >= 15 is 0 Å². The molecule has 1 aromatic rings. The van der Waals surface area contributed by atoms with Crippen LogP contribution >= 0.6 is 0 Å². The summed E-state index contributed by atoms with van der Waals surface area (Å²) in [6.07, 6.45) is 2.48. The van der Waals surface area contributed by atoms with E-state index in [-0.39, 0.29) is 6.04 Å². The Morgan fingerprint density at radius 1 is 1.43 bits per heavy atom. The number of ether oxygens (including phenoxy) is 1. The summed E-state index contributed by atoms with van der Waals surface area (Å²) < 4.78 is 5.50. The second-order valence-electron chi connectivity index (χ2n) is 6.61. The van der Waals surface area contributed by atoms with Gasteiger partial charge in [-0.05, 0) is 38.9 Å². The van der Waals surface area contributed by atoms with Gasteiger partial charge in [0.1, 0.15) is 5.75 Å². The summed E-state index contributed by atoms with van der Waals surface area (Å²) in [6.45, 7) is 4.93. The quantitative estimate of drug-likeness (QED) is 0.669. The van der Waals surface area contributed by atoms with Crippen LogP contribution in [0.2, 0.25) is 0 Å². The standard InChI is InChI=1S/C18H30N4O/c1-14-8-7-11-22(13-14)18(19)20-12-16(21(2)3)15-9-5-6-10-17(15)23-4/h5-6,9-10,14,16H,7-8,11-13H2,1-4H3,(H2,19,20). The minimum Gasteiger partial charge on any atom is -0.496 e. The number of benzene rings is 1. The highest BCUT2D eigenvalue weighted by molar-refractivity contribution is 5.78. The first-order chi connectivity index (χ1) is 11.0. The van der Waals surface area contributed by atoms with Gasteiger partial charge in [-0.3, -0.25) is 4.99 Å². The molecule has 1 fully saturated rings. The summed E-state index contributed by atoms with van der Waals surface area (Å²) >= 11 is 0. The smallest absolute Gasteiger partial charge is 0.191 e. The zero-order valence-electron chi connectivity index (χ0n) is 14.8. The molecule has 1 heterocycles. The van der Waals surface area contributed by atoms with E-state index in [4.69, 9.17) is 10.5 Å². The fourth-order valence-electron chi connectivity index (χ4n) is 3.16. The molecule has 0 radical (unpaired) electrons. The van der Waals surface area contributed by atoms with Crippen LogP contribution < -0.4 is 10.5 Å². The highest BCUT2D eigenvalue weighted by Gasteiger charge is 2.20. The fraction of sp³-hybridized carbons (Fsp3) is 0.611. The molecule has 0 saturated carbocycles. The molecule has 0 aromatic heterocycles. The molecular weight excluding hydrogens is 288 g/mol. The zero-order chi connectivity index (χ0) is 16.8. The average molecular weight is 318 g/mol. The molecule has 5 nitrogen and oxygen atoms in total. The van der Waals surface area contributed by atoms with E-state index in [1.54, 1.807) is 7.11 Å². The van der Waals surface area contributed by atoms with Crippen molar-refractivity contribution in [3.63, 3.8) is 0 Å². The van der Waals surface area contributed by atoms with Crippen molar-refractivity contribution >= 4 is 5.96 Å². The summed E-state index contributed by atoms with van der Waals surface area (Å²) in [5, 5.41) is 0. The Morgan fingerprint density at radius 2 is 2.17 bits per heavy atom. The molecule has 2 N–H and O–H groups in total. The number of rotatable bonds is 5. The summed E-state index contributed by atoms with van der Waals surface area (Å²) in [7, 11) is 5.83. The number of piperidine rings is 1. The maximum Gasteiger partial charge on any atom is 0.191 e. The molecule has 1 aromatic carbocycles. The Labute approximate surface area is 140 Å². The molecule has 2 rings (SSSR count). The van der Waals surface area contributed by atoms with E-state index in [2.05, 4.69) is 41.9 Å². The summed E-state index contributed by atoms with van der Waals surface area (Å²) in [4.78, 5) is 9.05. The molecule has 5 heteroatoms. The van der Waals surface area contributed by atoms with Gasteiger partial charge in [-0.2, -0.15) is 0 Å². The number of hydrogen-bond acceptors (Lipinski definition) is 3. The fourth-order valence-corrected chi connectivity index (χ4v) is 3.16. The van der Waals surface area contributed by atoms with E-state index in [9.17, 15) is 0 Å². The van der Waals surface area contributed by atoms with Crippen LogP contribution in [0.15, 0.2) is 29.3 Å². The zero-order valence-corrected chi connectivity index (χ0v) is 14.8. The minimum absolute atomic E-state index is 0.145. The largest absolute Gasteiger partial charge is 0.496 e. The molecule has 1 aliphatic heterocycles. The van der Waals surface area contributed by atoms with E-state index in [1.807, 2.05) is 18.2 Å². The van der Waals surface area contributed by atoms with Gasteiger partial charge in [0.2, 0.25) is 0 Å². The lowest BCUT2D eigenvalue weighted by molar-refractivity contribution is 0.266. The van der Waals surface area contributed by atoms with Crippen molar-refractivity contribution in [1.29, 1.82) is 0 Å². The molecule has 0 spiro atoms. The molecule has 1 saturated heterocycles. The Kier molecular flexibility index (Phi) is 6.28. The second kappa shape index (κ2) is 8.20. The number of hydrogen-bond donors (Lipinski definition) is 1. The molecule has 0 aliphatic carbocycles. The first-order valence-electron chi connectivity index (χ1n) is 8.37. The third-order valence-electron chi connectivity index (χ3n) is 4.53. The Bertz CT molecular complexity index is 530. The van der Waals surface area contributed by atoms with Crippen LogP contribution in [0, 0.1) is 5.92 Å². The predicted molar refractivity (Wildman–Crippen MR) is 95.9 cm³/mol. The predicted octanol–water partition coefficient (Wildman–Crippen LogP) is 2.34. The van der Waals surface area contributed by atoms with Crippen molar-refractivity contribution in [3.8, 4) is 5.75 Å². The molecule has 0 amide bonds. The molecule has 0 bridgehead atoms. The maximum absolute atomic E-state index is 6.23. The second-order valence-corrected chi connectivity index (χ2v) is 6.61. The Morgan fingerprint density at radius 3 is 2.83 bits per heavy atom. The van der Waals surface area contributed by atoms with Gasteiger partial charge in [-0.1, -0.05) is 25.1 Å². The van der Waals surface area contributed by atoms with Crippen molar-refractivity contribution in [1.82, 2.24) is 9.80 Å². The first-order valence-corrected chi connectivity index (χ1v) is 8.37. The topological polar surface area (TPSA) is 54.1 Å². The number of methoxy groups -OCH3 is 1. The number of para-hydroxylation sites is 1. The Balaban J connectivity index is 2.12. The van der Waals surface area contributed by atoms with Gasteiger partial charge in [0.15, 0.2) is 5.96 Å². The van der Waals surface area contributed by atoms with Crippen LogP contribution in [-0.2, 0) is 0 Å². The third-order valence-corrected chi connectivity index (χ3v) is 4.53. The first kappa shape index (κ1) is 17.6. The van der Waals surface area contributed by atoms with E-state index in [0.717, 1.165) is 24.4 Å². The lowest BCUT2D eigenvalue weighted by atomic mass is 10.0. The lowest BCUT2D eigenvalue weighted by Crippen LogP contribution is -2.43. The van der Waals surface area contributed by atoms with Gasteiger partial charge in [0.25, 0.3) is 0 Å². The van der Waals surface area contributed by atoms with Crippen LogP contribution in [0.25, 0.3) is 0 Å². The maximum atomic E-state index is 6.23. The highest BCUT2D eigenvalue weighted by Crippen LogP contribution is 2.28. The van der Waals surface area contributed by atoms with Gasteiger partial charge in [0.05, 0.1) is 19.7 Å². The van der Waals surface area contributed by atoms with Crippen molar-refractivity contribution in [2.24, 2.45) is 16.6 Å².